The summed E-state index contributed by atoms with van der Waals surface area (Å²) in [5.74, 6) is -1.07. The van der Waals surface area contributed by atoms with Crippen LogP contribution < -0.4 is 0 Å². The van der Waals surface area contributed by atoms with Crippen molar-refractivity contribution in [1.82, 2.24) is 0 Å². The van der Waals surface area contributed by atoms with Gasteiger partial charge in [-0.15, -0.1) is 0 Å². The average Bonchev–Trinajstić information content (AvgIpc) is 2.02. The first-order valence-electron chi connectivity index (χ1n) is 4.35. The van der Waals surface area contributed by atoms with E-state index in [0.29, 0.717) is 0 Å². The number of rotatable bonds is 1. The van der Waals surface area contributed by atoms with E-state index in [1.54, 1.807) is 6.08 Å². The molecule has 0 fully saturated rings. The normalized spacial score (nSPS) is 28.2. The molecule has 3 nitrogen and oxygen atoms in total. The van der Waals surface area contributed by atoms with Crippen LogP contribution in [0.1, 0.15) is 20.3 Å². The van der Waals surface area contributed by atoms with E-state index in [1.165, 1.54) is 7.11 Å². The summed E-state index contributed by atoms with van der Waals surface area (Å²) in [5.41, 5.74) is 1.04. The Morgan fingerprint density at radius 2 is 2.23 bits per heavy atom. The van der Waals surface area contributed by atoms with E-state index in [1.807, 2.05) is 13.8 Å². The minimum Gasteiger partial charge on any atom is -0.468 e. The lowest BCUT2D eigenvalue weighted by Crippen LogP contribution is -2.33. The van der Waals surface area contributed by atoms with Gasteiger partial charge in [0.05, 0.1) is 7.11 Å². The number of ketones is 1. The summed E-state index contributed by atoms with van der Waals surface area (Å²) in [6.07, 6.45) is 2.34. The number of methoxy groups -OCH3 is 1. The Morgan fingerprint density at radius 3 is 2.69 bits per heavy atom. The Balaban J connectivity index is 2.87. The molecule has 0 saturated carbocycles. The minimum absolute atomic E-state index is 0.0601. The van der Waals surface area contributed by atoms with Crippen molar-refractivity contribution in [2.75, 3.05) is 7.11 Å². The molecule has 0 aromatic rings. The summed E-state index contributed by atoms with van der Waals surface area (Å²) >= 11 is 0. The van der Waals surface area contributed by atoms with Crippen molar-refractivity contribution in [3.8, 4) is 0 Å². The third-order valence-electron chi connectivity index (χ3n) is 2.36. The molecule has 0 N–H and O–H groups in total. The van der Waals surface area contributed by atoms with Gasteiger partial charge in [-0.3, -0.25) is 9.59 Å². The van der Waals surface area contributed by atoms with Gasteiger partial charge in [0.25, 0.3) is 0 Å². The maximum Gasteiger partial charge on any atom is 0.316 e. The van der Waals surface area contributed by atoms with Gasteiger partial charge in [0.15, 0.2) is 5.78 Å². The van der Waals surface area contributed by atoms with Gasteiger partial charge in [-0.2, -0.15) is 0 Å². The quantitative estimate of drug-likeness (QED) is 0.454. The van der Waals surface area contributed by atoms with Gasteiger partial charge in [-0.25, -0.2) is 0 Å². The second kappa shape index (κ2) is 3.73. The van der Waals surface area contributed by atoms with Crippen LogP contribution in [0.15, 0.2) is 11.6 Å². The van der Waals surface area contributed by atoms with Crippen molar-refractivity contribution in [2.45, 2.75) is 20.3 Å². The molecule has 1 rings (SSSR count). The lowest BCUT2D eigenvalue weighted by atomic mass is 9.80. The molecular formula is C10H14O3. The van der Waals surface area contributed by atoms with Crippen molar-refractivity contribution >= 4 is 11.8 Å². The van der Waals surface area contributed by atoms with E-state index in [9.17, 15) is 9.59 Å². The molecule has 0 aliphatic heterocycles. The summed E-state index contributed by atoms with van der Waals surface area (Å²) in [7, 11) is 1.31. The number of carbonyl (C=O) groups is 2. The fourth-order valence-corrected chi connectivity index (χ4v) is 1.77. The molecule has 0 bridgehead atoms. The lowest BCUT2D eigenvalue weighted by Gasteiger charge is -2.23. The van der Waals surface area contributed by atoms with Crippen LogP contribution in [0.5, 0.6) is 0 Å². The first-order chi connectivity index (χ1) is 6.06. The lowest BCUT2D eigenvalue weighted by molar-refractivity contribution is -0.150. The molecule has 2 unspecified atom stereocenters. The predicted molar refractivity (Wildman–Crippen MR) is 48.1 cm³/mol. The van der Waals surface area contributed by atoms with Crippen LogP contribution in [-0.4, -0.2) is 18.9 Å². The maximum absolute atomic E-state index is 11.4. The van der Waals surface area contributed by atoms with Crippen LogP contribution in [-0.2, 0) is 14.3 Å². The molecule has 1 aliphatic carbocycles. The average molecular weight is 182 g/mol. The summed E-state index contributed by atoms with van der Waals surface area (Å²) < 4.78 is 4.58. The summed E-state index contributed by atoms with van der Waals surface area (Å²) in [6.45, 7) is 3.80. The van der Waals surface area contributed by atoms with Gasteiger partial charge < -0.3 is 4.74 Å². The zero-order valence-corrected chi connectivity index (χ0v) is 8.16. The van der Waals surface area contributed by atoms with Gasteiger partial charge in [-0.05, 0) is 25.3 Å². The Labute approximate surface area is 77.8 Å². The molecule has 0 amide bonds. The zero-order chi connectivity index (χ0) is 10.0. The van der Waals surface area contributed by atoms with E-state index >= 15 is 0 Å². The molecule has 0 aromatic carbocycles. The molecule has 0 radical (unpaired) electrons. The highest BCUT2D eigenvalue weighted by molar-refractivity contribution is 6.06. The van der Waals surface area contributed by atoms with Crippen molar-refractivity contribution in [3.05, 3.63) is 11.6 Å². The standard InChI is InChI=1S/C10H14O3/c1-6-4-7(2)9(8(11)5-6)10(12)13-3/h5,7,9H,4H2,1-3H3. The van der Waals surface area contributed by atoms with Crippen LogP contribution in [0.2, 0.25) is 0 Å². The van der Waals surface area contributed by atoms with E-state index < -0.39 is 11.9 Å². The highest BCUT2D eigenvalue weighted by Crippen LogP contribution is 2.27. The highest BCUT2D eigenvalue weighted by atomic mass is 16.5. The van der Waals surface area contributed by atoms with Crippen molar-refractivity contribution in [3.63, 3.8) is 0 Å². The Hall–Kier alpha value is -1.12. The molecule has 0 heterocycles. The molecule has 0 spiro atoms. The largest absolute Gasteiger partial charge is 0.468 e. The van der Waals surface area contributed by atoms with Crippen LogP contribution in [0, 0.1) is 11.8 Å². The van der Waals surface area contributed by atoms with Crippen LogP contribution in [0.25, 0.3) is 0 Å². The number of allylic oxidation sites excluding steroid dienone is 2. The van der Waals surface area contributed by atoms with Crippen LogP contribution >= 0.6 is 0 Å². The van der Waals surface area contributed by atoms with Gasteiger partial charge in [-0.1, -0.05) is 12.5 Å². The molecular weight excluding hydrogens is 168 g/mol. The fourth-order valence-electron chi connectivity index (χ4n) is 1.77. The number of ether oxygens (including phenoxy) is 1. The first-order valence-corrected chi connectivity index (χ1v) is 4.35. The van der Waals surface area contributed by atoms with Crippen molar-refractivity contribution in [2.24, 2.45) is 11.8 Å². The third kappa shape index (κ3) is 1.97. The van der Waals surface area contributed by atoms with Crippen molar-refractivity contribution in [1.29, 1.82) is 0 Å². The number of hydrogen-bond donors (Lipinski definition) is 0. The summed E-state index contributed by atoms with van der Waals surface area (Å²) in [6, 6.07) is 0. The molecule has 13 heavy (non-hydrogen) atoms. The van der Waals surface area contributed by atoms with Crippen molar-refractivity contribution < 1.29 is 14.3 Å². The van der Waals surface area contributed by atoms with Gasteiger partial charge in [0, 0.05) is 0 Å². The maximum atomic E-state index is 11.4. The highest BCUT2D eigenvalue weighted by Gasteiger charge is 2.34. The smallest absolute Gasteiger partial charge is 0.316 e. The SMILES string of the molecule is COC(=O)C1C(=O)C=C(C)CC1C. The van der Waals surface area contributed by atoms with Gasteiger partial charge >= 0.3 is 5.97 Å². The van der Waals surface area contributed by atoms with Crippen LogP contribution in [0.4, 0.5) is 0 Å². The second-order valence-electron chi connectivity index (χ2n) is 3.58. The number of hydrogen-bond acceptors (Lipinski definition) is 3. The number of esters is 1. The molecule has 1 aliphatic rings. The first kappa shape index (κ1) is 9.96. The third-order valence-corrected chi connectivity index (χ3v) is 2.36. The predicted octanol–water partition coefficient (Wildman–Crippen LogP) is 1.33. The molecule has 3 heteroatoms. The molecule has 0 aromatic heterocycles. The van der Waals surface area contributed by atoms with E-state index in [-0.39, 0.29) is 11.7 Å². The van der Waals surface area contributed by atoms with Gasteiger partial charge in [0.2, 0.25) is 0 Å². The van der Waals surface area contributed by atoms with Crippen LogP contribution in [0.3, 0.4) is 0 Å². The zero-order valence-electron chi connectivity index (χ0n) is 8.16. The topological polar surface area (TPSA) is 43.4 Å². The van der Waals surface area contributed by atoms with Gasteiger partial charge in [0.1, 0.15) is 5.92 Å². The van der Waals surface area contributed by atoms with E-state index in [2.05, 4.69) is 4.74 Å². The van der Waals surface area contributed by atoms with E-state index in [4.69, 9.17) is 0 Å². The second-order valence-corrected chi connectivity index (χ2v) is 3.58. The molecule has 72 valence electrons. The molecule has 0 saturated heterocycles. The molecule has 2 atom stereocenters. The summed E-state index contributed by atoms with van der Waals surface area (Å²) in [5, 5.41) is 0. The van der Waals surface area contributed by atoms with E-state index in [0.717, 1.165) is 12.0 Å². The number of carbonyl (C=O) groups excluding carboxylic acids is 2. The Bertz CT molecular complexity index is 265. The summed E-state index contributed by atoms with van der Waals surface area (Å²) in [4.78, 5) is 22.7. The Morgan fingerprint density at radius 1 is 1.62 bits per heavy atom. The fraction of sp³-hybridized carbons (Fsp3) is 0.600. The monoisotopic (exact) mass is 182 g/mol. The minimum atomic E-state index is -0.589. The Kier molecular flexibility index (Phi) is 2.86.